The molecule has 0 saturated heterocycles. The molecule has 0 amide bonds. The maximum absolute atomic E-state index is 6.48. The minimum atomic E-state index is 0.562. The summed E-state index contributed by atoms with van der Waals surface area (Å²) in [6, 6.07) is 64.1. The van der Waals surface area contributed by atoms with Gasteiger partial charge in [-0.05, 0) is 75.0 Å². The van der Waals surface area contributed by atoms with Crippen LogP contribution in [0, 0.1) is 0 Å². The van der Waals surface area contributed by atoms with Gasteiger partial charge in [-0.1, -0.05) is 140 Å². The van der Waals surface area contributed by atoms with Crippen LogP contribution >= 0.6 is 0 Å². The van der Waals surface area contributed by atoms with Crippen LogP contribution in [0.25, 0.3) is 99.5 Å². The van der Waals surface area contributed by atoms with Gasteiger partial charge in [0.15, 0.2) is 17.5 Å². The highest BCUT2D eigenvalue weighted by Crippen LogP contribution is 2.52. The van der Waals surface area contributed by atoms with Crippen molar-refractivity contribution < 1.29 is 4.42 Å². The summed E-state index contributed by atoms with van der Waals surface area (Å²) in [5.74, 6) is 1.76. The molecule has 11 aromatic rings. The molecule has 260 valence electrons. The number of para-hydroxylation sites is 2. The van der Waals surface area contributed by atoms with Gasteiger partial charge in [0.2, 0.25) is 0 Å². The third kappa shape index (κ3) is 4.64. The van der Waals surface area contributed by atoms with Gasteiger partial charge in [-0.25, -0.2) is 15.0 Å². The minimum Gasteiger partial charge on any atom is -0.455 e. The predicted molar refractivity (Wildman–Crippen MR) is 230 cm³/mol. The van der Waals surface area contributed by atoms with Crippen molar-refractivity contribution in [1.82, 2.24) is 15.0 Å². The van der Waals surface area contributed by atoms with Gasteiger partial charge in [0.25, 0.3) is 0 Å². The zero-order valence-electron chi connectivity index (χ0n) is 30.0. The molecule has 0 unspecified atom stereocenters. The summed E-state index contributed by atoms with van der Waals surface area (Å²) < 4.78 is 6.48. The fraction of sp³-hybridized carbons (Fsp3) is 0. The molecular weight excluding hydrogens is 685 g/mol. The maximum Gasteiger partial charge on any atom is 0.167 e. The van der Waals surface area contributed by atoms with E-state index in [1.165, 1.54) is 32.7 Å². The van der Waals surface area contributed by atoms with E-state index in [1.54, 1.807) is 0 Å². The summed E-state index contributed by atoms with van der Waals surface area (Å²) in [5, 5.41) is 9.14. The Morgan fingerprint density at radius 3 is 1.89 bits per heavy atom. The molecule has 12 rings (SSSR count). The second-order valence-electron chi connectivity index (χ2n) is 14.4. The molecule has 0 fully saturated rings. The smallest absolute Gasteiger partial charge is 0.167 e. The molecule has 0 aliphatic carbocycles. The summed E-state index contributed by atoms with van der Waals surface area (Å²) in [4.78, 5) is 17.9. The van der Waals surface area contributed by atoms with E-state index >= 15 is 0 Å². The Kier molecular flexibility index (Phi) is 6.56. The average molecular weight is 715 g/mol. The highest BCUT2D eigenvalue weighted by Gasteiger charge is 2.27. The summed E-state index contributed by atoms with van der Waals surface area (Å²) in [7, 11) is 0. The molecule has 0 atom stereocenters. The molecule has 3 heterocycles. The van der Waals surface area contributed by atoms with E-state index in [9.17, 15) is 0 Å². The normalized spacial score (nSPS) is 12.2. The zero-order chi connectivity index (χ0) is 36.7. The van der Waals surface area contributed by atoms with Gasteiger partial charge < -0.3 is 9.32 Å². The lowest BCUT2D eigenvalue weighted by Crippen LogP contribution is -2.15. The van der Waals surface area contributed by atoms with Gasteiger partial charge in [0, 0.05) is 38.5 Å². The van der Waals surface area contributed by atoms with Crippen molar-refractivity contribution in [3.63, 3.8) is 0 Å². The van der Waals surface area contributed by atoms with E-state index in [-0.39, 0.29) is 0 Å². The van der Waals surface area contributed by atoms with E-state index in [0.29, 0.717) is 17.5 Å². The number of fused-ring (bicyclic) bond motifs is 7. The van der Waals surface area contributed by atoms with Crippen LogP contribution in [0.15, 0.2) is 186 Å². The molecule has 1 aliphatic rings. The van der Waals surface area contributed by atoms with Gasteiger partial charge in [0.05, 0.1) is 16.9 Å². The lowest BCUT2D eigenvalue weighted by molar-refractivity contribution is 0.669. The van der Waals surface area contributed by atoms with Crippen LogP contribution in [0.5, 0.6) is 0 Å². The number of hydrogen-bond donors (Lipinski definition) is 0. The van der Waals surface area contributed by atoms with Crippen LogP contribution < -0.4 is 4.90 Å². The Hall–Kier alpha value is -7.63. The number of anilines is 3. The van der Waals surface area contributed by atoms with Crippen LogP contribution in [0.2, 0.25) is 0 Å². The van der Waals surface area contributed by atoms with Crippen LogP contribution in [0.1, 0.15) is 0 Å². The quantitative estimate of drug-likeness (QED) is 0.182. The summed E-state index contributed by atoms with van der Waals surface area (Å²) in [6.07, 6.45) is 0. The Bertz CT molecular complexity index is 3380. The van der Waals surface area contributed by atoms with Gasteiger partial charge >= 0.3 is 0 Å². The lowest BCUT2D eigenvalue weighted by atomic mass is 9.89. The Morgan fingerprint density at radius 1 is 0.375 bits per heavy atom. The van der Waals surface area contributed by atoms with Gasteiger partial charge in [-0.2, -0.15) is 0 Å². The van der Waals surface area contributed by atoms with Gasteiger partial charge in [-0.3, -0.25) is 0 Å². The molecule has 9 aromatic carbocycles. The molecule has 0 saturated carbocycles. The second kappa shape index (κ2) is 11.9. The van der Waals surface area contributed by atoms with E-state index in [0.717, 1.165) is 66.5 Å². The van der Waals surface area contributed by atoms with Crippen LogP contribution in [-0.2, 0) is 0 Å². The van der Waals surface area contributed by atoms with E-state index in [2.05, 4.69) is 126 Å². The topological polar surface area (TPSA) is 55.1 Å². The third-order valence-corrected chi connectivity index (χ3v) is 11.2. The molecule has 5 heteroatoms. The Labute approximate surface area is 321 Å². The molecule has 0 bridgehead atoms. The Balaban J connectivity index is 1.10. The van der Waals surface area contributed by atoms with E-state index in [1.807, 2.05) is 60.7 Å². The molecule has 0 radical (unpaired) electrons. The molecule has 2 aromatic heterocycles. The number of benzene rings is 9. The standard InChI is InChI=1S/C51H30N4O/c1-2-12-33(13-3-1)49-52-50(54-51(53-49)41-23-11-21-39-37-19-6-7-25-46(37)56-48(39)41)40-22-8-16-31-26-27-36(30-42(31)40)55-44-24-10-18-32-17-9-20-38(47(32)44)43-28-34-14-4-5-15-35(34)29-45(43)55/h1-30H. The monoisotopic (exact) mass is 714 g/mol. The molecular formula is C51H30N4O. The number of aromatic nitrogens is 3. The first-order chi connectivity index (χ1) is 27.7. The highest BCUT2D eigenvalue weighted by molar-refractivity contribution is 6.16. The molecule has 5 nitrogen and oxygen atoms in total. The predicted octanol–water partition coefficient (Wildman–Crippen LogP) is 13.7. The van der Waals surface area contributed by atoms with Crippen LogP contribution in [0.3, 0.4) is 0 Å². The molecule has 0 spiro atoms. The average Bonchev–Trinajstić information content (AvgIpc) is 3.65. The van der Waals surface area contributed by atoms with Crippen molar-refractivity contribution >= 4 is 71.3 Å². The van der Waals surface area contributed by atoms with Crippen molar-refractivity contribution in [1.29, 1.82) is 0 Å². The van der Waals surface area contributed by atoms with Crippen molar-refractivity contribution in [2.75, 3.05) is 4.90 Å². The summed E-state index contributed by atoms with van der Waals surface area (Å²) >= 11 is 0. The SMILES string of the molecule is c1ccc(-c2nc(-c3cccc4ccc(N5c6cc7ccccc7cc6-c6cccc7cccc5c67)cc34)nc(-c3cccc4c3oc3ccccc34)n2)cc1. The van der Waals surface area contributed by atoms with Gasteiger partial charge in [-0.15, -0.1) is 0 Å². The molecule has 56 heavy (non-hydrogen) atoms. The summed E-state index contributed by atoms with van der Waals surface area (Å²) in [5.41, 5.74) is 10.1. The fourth-order valence-corrected chi connectivity index (χ4v) is 8.62. The number of nitrogens with zero attached hydrogens (tertiary/aromatic N) is 4. The Morgan fingerprint density at radius 2 is 1.02 bits per heavy atom. The largest absolute Gasteiger partial charge is 0.455 e. The second-order valence-corrected chi connectivity index (χ2v) is 14.4. The van der Waals surface area contributed by atoms with E-state index in [4.69, 9.17) is 19.4 Å². The van der Waals surface area contributed by atoms with Gasteiger partial charge in [0.1, 0.15) is 11.2 Å². The van der Waals surface area contributed by atoms with Crippen molar-refractivity contribution in [2.45, 2.75) is 0 Å². The van der Waals surface area contributed by atoms with Crippen LogP contribution in [0.4, 0.5) is 17.1 Å². The van der Waals surface area contributed by atoms with Crippen molar-refractivity contribution in [2.24, 2.45) is 0 Å². The third-order valence-electron chi connectivity index (χ3n) is 11.2. The van der Waals surface area contributed by atoms with E-state index < -0.39 is 0 Å². The first-order valence-electron chi connectivity index (χ1n) is 18.9. The molecule has 0 N–H and O–H groups in total. The number of hydrogen-bond acceptors (Lipinski definition) is 5. The summed E-state index contributed by atoms with van der Waals surface area (Å²) in [6.45, 7) is 0. The molecule has 1 aliphatic heterocycles. The lowest BCUT2D eigenvalue weighted by Gasteiger charge is -2.34. The first kappa shape index (κ1) is 30.8. The fourth-order valence-electron chi connectivity index (χ4n) is 8.62. The zero-order valence-corrected chi connectivity index (χ0v) is 30.0. The maximum atomic E-state index is 6.48. The first-order valence-corrected chi connectivity index (χ1v) is 18.9. The van der Waals surface area contributed by atoms with Crippen molar-refractivity contribution in [3.05, 3.63) is 182 Å². The number of rotatable bonds is 4. The van der Waals surface area contributed by atoms with Crippen LogP contribution in [-0.4, -0.2) is 15.0 Å². The number of furan rings is 1. The van der Waals surface area contributed by atoms with Crippen molar-refractivity contribution in [3.8, 4) is 45.3 Å². The minimum absolute atomic E-state index is 0.562. The highest BCUT2D eigenvalue weighted by atomic mass is 16.3.